The Morgan fingerprint density at radius 3 is 2.18 bits per heavy atom. The van der Waals surface area contributed by atoms with Gasteiger partial charge in [-0.1, -0.05) is 0 Å². The molecule has 0 aromatic carbocycles. The fourth-order valence-corrected chi connectivity index (χ4v) is 0.883. The minimum atomic E-state index is -2.24. The van der Waals surface area contributed by atoms with Crippen molar-refractivity contribution in [3.05, 3.63) is 0 Å². The van der Waals surface area contributed by atoms with Gasteiger partial charge in [-0.15, -0.1) is 0 Å². The molecule has 0 saturated heterocycles. The van der Waals surface area contributed by atoms with Crippen LogP contribution in [0.15, 0.2) is 0 Å². The van der Waals surface area contributed by atoms with Crippen LogP contribution in [-0.2, 0) is 9.09 Å². The zero-order valence-corrected chi connectivity index (χ0v) is 8.31. The zero-order valence-electron chi connectivity index (χ0n) is 6.56. The topological polar surface area (TPSA) is 26.3 Å². The maximum atomic E-state index is 10.3. The molecule has 1 atom stereocenters. The molecule has 64 valence electrons. The number of nitrogens with zero attached hydrogens (tertiary/aromatic N) is 1. The number of hydrogen-bond acceptors (Lipinski definition) is 2. The van der Waals surface area contributed by atoms with Crippen LogP contribution < -0.4 is 0 Å². The first-order valence-electron chi connectivity index (χ1n) is 3.04. The Bertz CT molecular complexity index is 128. The molecule has 0 aliphatic carbocycles. The first-order chi connectivity index (χ1) is 4.42. The van der Waals surface area contributed by atoms with E-state index in [1.807, 2.05) is 21.1 Å². The van der Waals surface area contributed by atoms with Gasteiger partial charge in [0, 0.05) is 0 Å². The first-order valence-corrected chi connectivity index (χ1v) is 5.37. The predicted molar refractivity (Wildman–Crippen MR) is 50.9 cm³/mol. The van der Waals surface area contributed by atoms with Crippen molar-refractivity contribution in [2.45, 2.75) is 0 Å². The summed E-state index contributed by atoms with van der Waals surface area (Å²) in [5.74, 6) is 0. The van der Waals surface area contributed by atoms with Gasteiger partial charge in [-0.2, -0.15) is 0 Å². The maximum absolute atomic E-state index is 10.3. The number of rotatable bonds is 4. The van der Waals surface area contributed by atoms with Crippen LogP contribution in [0, 0.1) is 0 Å². The van der Waals surface area contributed by atoms with Crippen molar-refractivity contribution in [3.8, 4) is 0 Å². The molecule has 0 bridgehead atoms. The van der Waals surface area contributed by atoms with Crippen LogP contribution in [0.2, 0.25) is 0 Å². The molecule has 0 fully saturated rings. The Hall–Kier alpha value is 2.08. The Labute approximate surface area is 116 Å². The third kappa shape index (κ3) is 14.9. The first kappa shape index (κ1) is 15.5. The van der Waals surface area contributed by atoms with Gasteiger partial charge in [0.1, 0.15) is 13.2 Å². The summed E-state index contributed by atoms with van der Waals surface area (Å²) in [7, 11) is 3.87. The third-order valence-electron chi connectivity index (χ3n) is 0.978. The van der Waals surface area contributed by atoms with Crippen molar-refractivity contribution in [1.29, 1.82) is 0 Å². The molecule has 0 aliphatic heterocycles. The van der Waals surface area contributed by atoms with Crippen molar-refractivity contribution in [2.24, 2.45) is 0 Å². The minimum absolute atomic E-state index is 0. The van der Waals surface area contributed by atoms with E-state index in [9.17, 15) is 4.57 Å². The molecule has 3 nitrogen and oxygen atoms in total. The molecule has 0 N–H and O–H groups in total. The van der Waals surface area contributed by atoms with Crippen molar-refractivity contribution >= 4 is 70.0 Å². The Morgan fingerprint density at radius 2 is 1.91 bits per heavy atom. The van der Waals surface area contributed by atoms with Crippen molar-refractivity contribution in [2.75, 3.05) is 34.3 Å². The molecule has 0 spiro atoms. The van der Waals surface area contributed by atoms with Gasteiger partial charge in [0.05, 0.1) is 21.1 Å². The van der Waals surface area contributed by atoms with E-state index in [1.54, 1.807) is 0 Å². The van der Waals surface area contributed by atoms with Crippen molar-refractivity contribution in [1.82, 2.24) is 0 Å². The molecule has 1 unspecified atom stereocenters. The molecule has 6 heteroatoms. The fraction of sp³-hybridized carbons (Fsp3) is 1.00. The van der Waals surface area contributed by atoms with Crippen molar-refractivity contribution in [3.63, 3.8) is 0 Å². The number of halogens is 1. The Balaban J connectivity index is 0. The zero-order chi connectivity index (χ0) is 8.20. The Kier molecular flexibility index (Phi) is 10.6. The summed E-state index contributed by atoms with van der Waals surface area (Å²) in [4.78, 5) is 0. The van der Waals surface area contributed by atoms with Gasteiger partial charge in [-0.25, -0.2) is 0 Å². The van der Waals surface area contributed by atoms with Gasteiger partial charge in [-0.05, 0) is 11.2 Å². The van der Waals surface area contributed by atoms with Crippen LogP contribution in [0.3, 0.4) is 0 Å². The molecule has 0 saturated carbocycles. The number of hydrogen-bond donors (Lipinski definition) is 0. The molecule has 0 aliphatic rings. The van der Waals surface area contributed by atoms with Gasteiger partial charge in [0.2, 0.25) is 0 Å². The van der Waals surface area contributed by atoms with Crippen LogP contribution in [0.25, 0.3) is 0 Å². The number of likely N-dealkylation sites (N-methyl/N-ethyl adjacent to an activating group) is 1. The van der Waals surface area contributed by atoms with Gasteiger partial charge < -0.3 is 9.01 Å². The van der Waals surface area contributed by atoms with Crippen molar-refractivity contribution < 1.29 is 13.6 Å². The molecule has 0 amide bonds. The monoisotopic (exact) mass is 226 g/mol. The molecular formula is C5H15ClKNO2P+. The second-order valence-electron chi connectivity index (χ2n) is 3.10. The molecule has 11 heavy (non-hydrogen) atoms. The number of quaternary nitrogens is 1. The molecule has 0 heterocycles. The summed E-state index contributed by atoms with van der Waals surface area (Å²) in [5.41, 5.74) is 0. The van der Waals surface area contributed by atoms with Crippen LogP contribution in [0.1, 0.15) is 0 Å². The van der Waals surface area contributed by atoms with E-state index in [0.717, 1.165) is 11.0 Å². The predicted octanol–water partition coefficient (Wildman–Crippen LogP) is 0.689. The second kappa shape index (κ2) is 7.48. The summed E-state index contributed by atoms with van der Waals surface area (Å²) in [6, 6.07) is 0. The molecule has 0 rings (SSSR count). The third-order valence-corrected chi connectivity index (χ3v) is 1.74. The Morgan fingerprint density at radius 1 is 1.45 bits per heavy atom. The summed E-state index contributed by atoms with van der Waals surface area (Å²) in [6.45, 7) is 1.29. The van der Waals surface area contributed by atoms with Gasteiger partial charge in [0.25, 0.3) is 7.38 Å². The summed E-state index contributed by atoms with van der Waals surface area (Å²) < 4.78 is 15.8. The molecule has 0 aromatic heterocycles. The van der Waals surface area contributed by atoms with E-state index in [4.69, 9.17) is 15.8 Å². The molecular weight excluding hydrogens is 212 g/mol. The average Bonchev–Trinajstić information content (AvgIpc) is 1.59. The van der Waals surface area contributed by atoms with E-state index < -0.39 is 7.38 Å². The summed E-state index contributed by atoms with van der Waals surface area (Å²) >= 11 is 5.12. The second-order valence-corrected chi connectivity index (χ2v) is 4.79. The summed E-state index contributed by atoms with van der Waals surface area (Å²) in [6.07, 6.45) is 0. The van der Waals surface area contributed by atoms with Crippen LogP contribution >= 0.6 is 18.6 Å². The average molecular weight is 227 g/mol. The van der Waals surface area contributed by atoms with E-state index in [-0.39, 0.29) is 51.4 Å². The van der Waals surface area contributed by atoms with Crippen LogP contribution in [0.5, 0.6) is 0 Å². The quantitative estimate of drug-likeness (QED) is 0.401. The normalized spacial score (nSPS) is 13.8. The van der Waals surface area contributed by atoms with Gasteiger partial charge in [0.15, 0.2) is 0 Å². The van der Waals surface area contributed by atoms with E-state index in [2.05, 4.69) is 0 Å². The van der Waals surface area contributed by atoms with E-state index >= 15 is 0 Å². The fourth-order valence-electron chi connectivity index (χ4n) is 0.400. The summed E-state index contributed by atoms with van der Waals surface area (Å²) in [5, 5.41) is 0. The van der Waals surface area contributed by atoms with Gasteiger partial charge >= 0.3 is 51.4 Å². The standard InChI is InChI=1S/C5H14ClNO2P.K.H/c1-7(2,3)4-5-9-10(6)8;;/h10H,4-5H2,1-3H3;;/q+1;;. The molecule has 0 aromatic rings. The van der Waals surface area contributed by atoms with E-state index in [0.29, 0.717) is 6.61 Å². The van der Waals surface area contributed by atoms with Crippen LogP contribution in [0.4, 0.5) is 0 Å². The van der Waals surface area contributed by atoms with Gasteiger partial charge in [-0.3, -0.25) is 4.57 Å². The van der Waals surface area contributed by atoms with E-state index in [1.165, 1.54) is 0 Å². The SMILES string of the molecule is C[N+](C)(C)CCO[PH](=O)Cl.[KH]. The molecule has 0 radical (unpaired) electrons. The van der Waals surface area contributed by atoms with Crippen LogP contribution in [-0.4, -0.2) is 90.2 Å².